The van der Waals surface area contributed by atoms with Crippen LogP contribution in [0.1, 0.15) is 25.1 Å². The molecule has 36 heavy (non-hydrogen) atoms. The number of anilines is 2. The predicted molar refractivity (Wildman–Crippen MR) is 140 cm³/mol. The molecule has 10 heteroatoms. The van der Waals surface area contributed by atoms with E-state index < -0.39 is 0 Å². The van der Waals surface area contributed by atoms with Crippen LogP contribution < -0.4 is 19.9 Å². The molecule has 1 amide bonds. The fraction of sp³-hybridized carbons (Fsp3) is 0.538. The second kappa shape index (κ2) is 11.1. The lowest BCUT2D eigenvalue weighted by atomic mass is 9.96. The number of hydrogen-bond donors (Lipinski definition) is 1. The number of piperazine rings is 1. The second-order valence-corrected chi connectivity index (χ2v) is 9.64. The van der Waals surface area contributed by atoms with Crippen molar-refractivity contribution in [2.75, 3.05) is 69.3 Å². The highest BCUT2D eigenvalue weighted by Crippen LogP contribution is 2.23. The quantitative estimate of drug-likeness (QED) is 0.478. The highest BCUT2D eigenvalue weighted by molar-refractivity contribution is 5.78. The zero-order chi connectivity index (χ0) is 24.9. The van der Waals surface area contributed by atoms with Gasteiger partial charge >= 0.3 is 0 Å². The Hall–Kier alpha value is -3.40. The van der Waals surface area contributed by atoms with Gasteiger partial charge in [0.2, 0.25) is 5.91 Å². The Morgan fingerprint density at radius 2 is 1.72 bits per heavy atom. The first-order valence-electron chi connectivity index (χ1n) is 12.9. The molecule has 1 N–H and O–H groups in total. The summed E-state index contributed by atoms with van der Waals surface area (Å²) in [6, 6.07) is 12.2. The Kier molecular flexibility index (Phi) is 7.50. The van der Waals surface area contributed by atoms with Crippen LogP contribution in [0.2, 0.25) is 0 Å². The fourth-order valence-electron chi connectivity index (χ4n) is 5.11. The molecule has 4 heterocycles. The van der Waals surface area contributed by atoms with Gasteiger partial charge in [-0.05, 0) is 69.1 Å². The molecule has 0 aliphatic carbocycles. The van der Waals surface area contributed by atoms with Gasteiger partial charge in [0.05, 0.1) is 7.11 Å². The van der Waals surface area contributed by atoms with Crippen molar-refractivity contribution in [3.05, 3.63) is 42.2 Å². The number of aryl methyl sites for hydroxylation is 1. The summed E-state index contributed by atoms with van der Waals surface area (Å²) in [7, 11) is 1.69. The van der Waals surface area contributed by atoms with E-state index in [1.807, 2.05) is 31.2 Å². The number of aromatic nitrogens is 4. The van der Waals surface area contributed by atoms with E-state index in [4.69, 9.17) is 4.74 Å². The first-order chi connectivity index (χ1) is 17.6. The summed E-state index contributed by atoms with van der Waals surface area (Å²) < 4.78 is 7.03. The van der Waals surface area contributed by atoms with Crippen molar-refractivity contribution in [2.24, 2.45) is 5.92 Å². The average molecular weight is 493 g/mol. The molecule has 2 saturated heterocycles. The van der Waals surface area contributed by atoms with Crippen LogP contribution in [0.15, 0.2) is 36.4 Å². The van der Waals surface area contributed by atoms with Gasteiger partial charge in [-0.1, -0.05) is 0 Å². The van der Waals surface area contributed by atoms with Crippen LogP contribution in [-0.4, -0.2) is 90.1 Å². The molecule has 0 saturated carbocycles. The van der Waals surface area contributed by atoms with Crippen LogP contribution in [-0.2, 0) is 4.79 Å². The average Bonchev–Trinajstić information content (AvgIpc) is 3.31. The summed E-state index contributed by atoms with van der Waals surface area (Å²) in [5.41, 5.74) is 2.00. The third kappa shape index (κ3) is 5.53. The number of rotatable bonds is 8. The van der Waals surface area contributed by atoms with Gasteiger partial charge in [-0.25, -0.2) is 0 Å². The van der Waals surface area contributed by atoms with Crippen LogP contribution in [0.25, 0.3) is 5.65 Å². The maximum atomic E-state index is 12.7. The van der Waals surface area contributed by atoms with Crippen molar-refractivity contribution >= 4 is 23.1 Å². The molecule has 1 aromatic carbocycles. The molecule has 2 aliphatic heterocycles. The van der Waals surface area contributed by atoms with Crippen LogP contribution >= 0.6 is 0 Å². The van der Waals surface area contributed by atoms with Gasteiger partial charge in [0, 0.05) is 57.4 Å². The molecule has 0 atom stereocenters. The molecule has 2 aromatic heterocycles. The van der Waals surface area contributed by atoms with E-state index in [0.717, 1.165) is 94.7 Å². The van der Waals surface area contributed by atoms with Crippen molar-refractivity contribution in [3.63, 3.8) is 0 Å². The van der Waals surface area contributed by atoms with Gasteiger partial charge in [-0.15, -0.1) is 15.3 Å². The molecule has 2 aliphatic rings. The highest BCUT2D eigenvalue weighted by Gasteiger charge is 2.26. The Morgan fingerprint density at radius 3 is 2.44 bits per heavy atom. The number of hydrogen-bond acceptors (Lipinski definition) is 8. The Bertz CT molecular complexity index is 1150. The number of amides is 1. The van der Waals surface area contributed by atoms with Crippen molar-refractivity contribution in [3.8, 4) is 5.75 Å². The smallest absolute Gasteiger partial charge is 0.223 e. The monoisotopic (exact) mass is 492 g/mol. The minimum atomic E-state index is 0.0784. The lowest BCUT2D eigenvalue weighted by Gasteiger charge is -2.36. The van der Waals surface area contributed by atoms with Crippen molar-refractivity contribution in [1.82, 2.24) is 30.0 Å². The van der Waals surface area contributed by atoms with Gasteiger partial charge in [0.1, 0.15) is 11.6 Å². The summed E-state index contributed by atoms with van der Waals surface area (Å²) in [4.78, 5) is 19.9. The van der Waals surface area contributed by atoms with E-state index >= 15 is 0 Å². The molecular weight excluding hydrogens is 456 g/mol. The number of piperidine rings is 1. The number of ether oxygens (including phenoxy) is 1. The first kappa shape index (κ1) is 24.3. The number of nitrogens with zero attached hydrogens (tertiary/aromatic N) is 7. The van der Waals surface area contributed by atoms with E-state index in [1.165, 1.54) is 5.69 Å². The van der Waals surface area contributed by atoms with Gasteiger partial charge < -0.3 is 19.9 Å². The Morgan fingerprint density at radius 1 is 0.972 bits per heavy atom. The van der Waals surface area contributed by atoms with Crippen LogP contribution in [0.4, 0.5) is 11.5 Å². The van der Waals surface area contributed by atoms with Crippen molar-refractivity contribution in [1.29, 1.82) is 0 Å². The topological polar surface area (TPSA) is 91.1 Å². The number of carbonyl (C=O) groups excluding carboxylic acids is 1. The number of fused-ring (bicyclic) bond motifs is 1. The fourth-order valence-corrected chi connectivity index (χ4v) is 5.11. The molecule has 192 valence electrons. The first-order valence-corrected chi connectivity index (χ1v) is 12.9. The lowest BCUT2D eigenvalue weighted by Crippen LogP contribution is -2.47. The predicted octanol–water partition coefficient (Wildman–Crippen LogP) is 1.99. The molecule has 5 rings (SSSR count). The SMILES string of the molecule is COc1ccc(N2CCN(CCCNC(=O)C3CCN(c4ccc5nnc(C)n5n4)CC3)CC2)cc1. The number of nitrogens with one attached hydrogen (secondary N) is 1. The van der Waals surface area contributed by atoms with E-state index in [1.54, 1.807) is 11.6 Å². The summed E-state index contributed by atoms with van der Waals surface area (Å²) in [6.45, 7) is 9.46. The minimum Gasteiger partial charge on any atom is -0.497 e. The van der Waals surface area contributed by atoms with Gasteiger partial charge in [-0.3, -0.25) is 9.69 Å². The number of methoxy groups -OCH3 is 1. The second-order valence-electron chi connectivity index (χ2n) is 9.64. The standard InChI is InChI=1S/C26H36N8O2/c1-20-28-29-24-8-9-25(30-34(20)24)33-14-10-21(11-15-33)26(35)27-12-3-13-31-16-18-32(19-17-31)22-4-6-23(36-2)7-5-22/h4-9,21H,3,10-19H2,1-2H3,(H,27,35). The van der Waals surface area contributed by atoms with Crippen molar-refractivity contribution in [2.45, 2.75) is 26.2 Å². The third-order valence-corrected chi connectivity index (χ3v) is 7.35. The zero-order valence-corrected chi connectivity index (χ0v) is 21.3. The van der Waals surface area contributed by atoms with E-state index in [2.05, 4.69) is 47.4 Å². The molecule has 10 nitrogen and oxygen atoms in total. The molecule has 2 fully saturated rings. The molecule has 3 aromatic rings. The molecule has 0 bridgehead atoms. The van der Waals surface area contributed by atoms with Crippen LogP contribution in [0, 0.1) is 12.8 Å². The summed E-state index contributed by atoms with van der Waals surface area (Å²) in [5.74, 6) is 2.85. The van der Waals surface area contributed by atoms with Crippen LogP contribution in [0.3, 0.4) is 0 Å². The van der Waals surface area contributed by atoms with E-state index in [0.29, 0.717) is 0 Å². The van der Waals surface area contributed by atoms with Gasteiger partial charge in [0.15, 0.2) is 11.5 Å². The Labute approximate surface area is 212 Å². The van der Waals surface area contributed by atoms with Crippen molar-refractivity contribution < 1.29 is 9.53 Å². The summed E-state index contributed by atoms with van der Waals surface area (Å²) in [6.07, 6.45) is 2.68. The highest BCUT2D eigenvalue weighted by atomic mass is 16.5. The molecule has 0 spiro atoms. The maximum absolute atomic E-state index is 12.7. The number of benzene rings is 1. The number of carbonyl (C=O) groups is 1. The molecule has 0 radical (unpaired) electrons. The normalized spacial score (nSPS) is 17.5. The third-order valence-electron chi connectivity index (χ3n) is 7.35. The largest absolute Gasteiger partial charge is 0.497 e. The lowest BCUT2D eigenvalue weighted by molar-refractivity contribution is -0.125. The van der Waals surface area contributed by atoms with Gasteiger partial charge in [-0.2, -0.15) is 4.52 Å². The zero-order valence-electron chi connectivity index (χ0n) is 21.3. The summed E-state index contributed by atoms with van der Waals surface area (Å²) >= 11 is 0. The summed E-state index contributed by atoms with van der Waals surface area (Å²) in [5, 5.41) is 16.0. The van der Waals surface area contributed by atoms with E-state index in [-0.39, 0.29) is 11.8 Å². The van der Waals surface area contributed by atoms with Crippen LogP contribution in [0.5, 0.6) is 5.75 Å². The van der Waals surface area contributed by atoms with Gasteiger partial charge in [0.25, 0.3) is 0 Å². The van der Waals surface area contributed by atoms with E-state index in [9.17, 15) is 4.79 Å². The molecular formula is C26H36N8O2. The minimum absolute atomic E-state index is 0.0784. The molecule has 0 unspecified atom stereocenters. The Balaban J connectivity index is 0.987. The maximum Gasteiger partial charge on any atom is 0.223 e.